The lowest BCUT2D eigenvalue weighted by Gasteiger charge is -2.20. The third kappa shape index (κ3) is 4.17. The van der Waals surface area contributed by atoms with Crippen molar-refractivity contribution in [2.45, 2.75) is 31.4 Å². The van der Waals surface area contributed by atoms with Crippen molar-refractivity contribution in [2.75, 3.05) is 0 Å². The summed E-state index contributed by atoms with van der Waals surface area (Å²) in [7, 11) is 0. The summed E-state index contributed by atoms with van der Waals surface area (Å²) in [5, 5.41) is 13.1. The van der Waals surface area contributed by atoms with Crippen molar-refractivity contribution in [3.05, 3.63) is 71.5 Å². The van der Waals surface area contributed by atoms with Crippen molar-refractivity contribution in [3.8, 4) is 0 Å². The van der Waals surface area contributed by atoms with Gasteiger partial charge in [-0.2, -0.15) is 0 Å². The number of nitrogens with one attached hydrogen (secondary N) is 1. The van der Waals surface area contributed by atoms with Crippen molar-refractivity contribution in [2.24, 2.45) is 5.92 Å². The maximum atomic E-state index is 13.1. The molecule has 0 aromatic heterocycles. The molecule has 0 bridgehead atoms. The summed E-state index contributed by atoms with van der Waals surface area (Å²) in [5.74, 6) is -0.0741. The molecule has 1 fully saturated rings. The Morgan fingerprint density at radius 1 is 1.09 bits per heavy atom. The number of benzene rings is 2. The Balaban J connectivity index is 1.64. The lowest BCUT2D eigenvalue weighted by Crippen LogP contribution is -2.30. The quantitative estimate of drug-likeness (QED) is 0.857. The summed E-state index contributed by atoms with van der Waals surface area (Å²) in [5.41, 5.74) is 1.64. The smallest absolute Gasteiger partial charge is 0.223 e. The van der Waals surface area contributed by atoms with Crippen LogP contribution in [-0.2, 0) is 4.79 Å². The zero-order valence-corrected chi connectivity index (χ0v) is 12.8. The Bertz CT molecular complexity index is 653. The van der Waals surface area contributed by atoms with Gasteiger partial charge in [0, 0.05) is 0 Å². The molecule has 23 heavy (non-hydrogen) atoms. The normalized spacial score (nSPS) is 16.6. The van der Waals surface area contributed by atoms with Crippen LogP contribution in [0.15, 0.2) is 54.6 Å². The Morgan fingerprint density at radius 2 is 1.74 bits per heavy atom. The average molecular weight is 313 g/mol. The van der Waals surface area contributed by atoms with E-state index in [0.717, 1.165) is 24.0 Å². The van der Waals surface area contributed by atoms with Crippen LogP contribution in [0.4, 0.5) is 4.39 Å². The SMILES string of the molecule is O=C(CC(O)c1ccccc1)NC(c1ccc(F)cc1)C1CC1. The number of halogens is 1. The lowest BCUT2D eigenvalue weighted by molar-refractivity contribution is -0.124. The van der Waals surface area contributed by atoms with Gasteiger partial charge in [-0.15, -0.1) is 0 Å². The van der Waals surface area contributed by atoms with E-state index in [0.29, 0.717) is 5.92 Å². The second kappa shape index (κ2) is 6.92. The Morgan fingerprint density at radius 3 is 2.35 bits per heavy atom. The molecule has 0 aliphatic heterocycles. The molecule has 1 saturated carbocycles. The van der Waals surface area contributed by atoms with E-state index in [4.69, 9.17) is 0 Å². The largest absolute Gasteiger partial charge is 0.388 e. The number of carbonyl (C=O) groups excluding carboxylic acids is 1. The van der Waals surface area contributed by atoms with Crippen LogP contribution in [0.1, 0.15) is 42.5 Å². The standard InChI is InChI=1S/C19H20FNO2/c20-16-10-8-15(9-11-16)19(14-6-7-14)21-18(23)12-17(22)13-4-2-1-3-5-13/h1-5,8-11,14,17,19,22H,6-7,12H2,(H,21,23). The van der Waals surface area contributed by atoms with Crippen LogP contribution in [0.25, 0.3) is 0 Å². The van der Waals surface area contributed by atoms with E-state index in [9.17, 15) is 14.3 Å². The molecule has 2 aromatic carbocycles. The first-order valence-corrected chi connectivity index (χ1v) is 7.91. The van der Waals surface area contributed by atoms with Gasteiger partial charge in [0.2, 0.25) is 5.91 Å². The van der Waals surface area contributed by atoms with E-state index >= 15 is 0 Å². The van der Waals surface area contributed by atoms with Crippen molar-refractivity contribution >= 4 is 5.91 Å². The van der Waals surface area contributed by atoms with Gasteiger partial charge in [0.25, 0.3) is 0 Å². The van der Waals surface area contributed by atoms with E-state index in [1.165, 1.54) is 12.1 Å². The molecule has 0 heterocycles. The second-order valence-electron chi connectivity index (χ2n) is 6.06. The maximum absolute atomic E-state index is 13.1. The van der Waals surface area contributed by atoms with Gasteiger partial charge in [-0.3, -0.25) is 4.79 Å². The average Bonchev–Trinajstić information content (AvgIpc) is 3.39. The molecule has 1 amide bonds. The molecule has 3 rings (SSSR count). The van der Waals surface area contributed by atoms with Gasteiger partial charge in [-0.1, -0.05) is 42.5 Å². The predicted molar refractivity (Wildman–Crippen MR) is 86.0 cm³/mol. The molecule has 0 radical (unpaired) electrons. The van der Waals surface area contributed by atoms with Crippen LogP contribution in [0.3, 0.4) is 0 Å². The fourth-order valence-corrected chi connectivity index (χ4v) is 2.77. The highest BCUT2D eigenvalue weighted by atomic mass is 19.1. The van der Waals surface area contributed by atoms with E-state index in [-0.39, 0.29) is 24.2 Å². The minimum Gasteiger partial charge on any atom is -0.388 e. The summed E-state index contributed by atoms with van der Waals surface area (Å²) in [6, 6.07) is 15.3. The van der Waals surface area contributed by atoms with Gasteiger partial charge in [0.15, 0.2) is 0 Å². The number of hydrogen-bond acceptors (Lipinski definition) is 2. The highest BCUT2D eigenvalue weighted by Crippen LogP contribution is 2.41. The molecule has 4 heteroatoms. The number of amides is 1. The minimum atomic E-state index is -0.815. The molecular weight excluding hydrogens is 293 g/mol. The number of aliphatic hydroxyl groups excluding tert-OH is 1. The molecule has 0 saturated heterocycles. The van der Waals surface area contributed by atoms with Crippen LogP contribution >= 0.6 is 0 Å². The summed E-state index contributed by atoms with van der Waals surface area (Å²) in [6.07, 6.45) is 1.32. The van der Waals surface area contributed by atoms with Gasteiger partial charge >= 0.3 is 0 Å². The minimum absolute atomic E-state index is 0.0223. The summed E-state index contributed by atoms with van der Waals surface area (Å²) in [6.45, 7) is 0. The molecular formula is C19H20FNO2. The van der Waals surface area contributed by atoms with Gasteiger partial charge < -0.3 is 10.4 Å². The van der Waals surface area contributed by atoms with Gasteiger partial charge in [0.1, 0.15) is 5.82 Å². The topological polar surface area (TPSA) is 49.3 Å². The molecule has 0 spiro atoms. The van der Waals surface area contributed by atoms with Gasteiger partial charge in [-0.05, 0) is 42.0 Å². The summed E-state index contributed by atoms with van der Waals surface area (Å²) >= 11 is 0. The molecule has 1 aliphatic rings. The van der Waals surface area contributed by atoms with E-state index < -0.39 is 6.10 Å². The molecule has 2 unspecified atom stereocenters. The number of carbonyl (C=O) groups is 1. The molecule has 2 aromatic rings. The van der Waals surface area contributed by atoms with E-state index in [1.807, 2.05) is 18.2 Å². The predicted octanol–water partition coefficient (Wildman–Crippen LogP) is 3.52. The molecule has 3 nitrogen and oxygen atoms in total. The summed E-state index contributed by atoms with van der Waals surface area (Å²) in [4.78, 5) is 12.3. The van der Waals surface area contributed by atoms with Crippen molar-refractivity contribution < 1.29 is 14.3 Å². The molecule has 1 aliphatic carbocycles. The van der Waals surface area contributed by atoms with Crippen LogP contribution in [0.5, 0.6) is 0 Å². The highest BCUT2D eigenvalue weighted by molar-refractivity contribution is 5.77. The molecule has 2 N–H and O–H groups in total. The third-order valence-corrected chi connectivity index (χ3v) is 4.20. The van der Waals surface area contributed by atoms with Crippen LogP contribution in [-0.4, -0.2) is 11.0 Å². The first-order valence-electron chi connectivity index (χ1n) is 7.91. The lowest BCUT2D eigenvalue weighted by atomic mass is 10.0. The Hall–Kier alpha value is -2.20. The Kier molecular flexibility index (Phi) is 4.72. The third-order valence-electron chi connectivity index (χ3n) is 4.20. The zero-order valence-electron chi connectivity index (χ0n) is 12.8. The first-order chi connectivity index (χ1) is 11.1. The van der Waals surface area contributed by atoms with E-state index in [2.05, 4.69) is 5.32 Å². The number of aliphatic hydroxyl groups is 1. The molecule has 2 atom stereocenters. The fraction of sp³-hybridized carbons (Fsp3) is 0.316. The van der Waals surface area contributed by atoms with Crippen LogP contribution in [0.2, 0.25) is 0 Å². The number of hydrogen-bond donors (Lipinski definition) is 2. The molecule has 120 valence electrons. The van der Waals surface area contributed by atoms with Crippen LogP contribution < -0.4 is 5.32 Å². The second-order valence-corrected chi connectivity index (χ2v) is 6.06. The maximum Gasteiger partial charge on any atom is 0.223 e. The van der Waals surface area contributed by atoms with Crippen molar-refractivity contribution in [1.29, 1.82) is 0 Å². The zero-order chi connectivity index (χ0) is 16.2. The fourth-order valence-electron chi connectivity index (χ4n) is 2.77. The van der Waals surface area contributed by atoms with Crippen LogP contribution in [0, 0.1) is 11.7 Å². The van der Waals surface area contributed by atoms with E-state index in [1.54, 1.807) is 24.3 Å². The highest BCUT2D eigenvalue weighted by Gasteiger charge is 2.33. The summed E-state index contributed by atoms with van der Waals surface area (Å²) < 4.78 is 13.1. The van der Waals surface area contributed by atoms with Crippen molar-refractivity contribution in [3.63, 3.8) is 0 Å². The monoisotopic (exact) mass is 313 g/mol. The number of rotatable bonds is 6. The Labute approximate surface area is 135 Å². The first kappa shape index (κ1) is 15.7. The van der Waals surface area contributed by atoms with Gasteiger partial charge in [0.05, 0.1) is 18.6 Å². The van der Waals surface area contributed by atoms with Gasteiger partial charge in [-0.25, -0.2) is 4.39 Å². The van der Waals surface area contributed by atoms with Crippen molar-refractivity contribution in [1.82, 2.24) is 5.32 Å².